The molecule has 1 aliphatic rings. The maximum atomic E-state index is 12.4. The van der Waals surface area contributed by atoms with E-state index in [0.717, 1.165) is 30.5 Å². The second kappa shape index (κ2) is 5.40. The van der Waals surface area contributed by atoms with Gasteiger partial charge < -0.3 is 0 Å². The molecule has 0 spiro atoms. The number of fused-ring (bicyclic) bond motifs is 1. The van der Waals surface area contributed by atoms with E-state index in [1.54, 1.807) is 10.9 Å². The minimum atomic E-state index is -3.63. The topological polar surface area (TPSA) is 76.9 Å². The Bertz CT molecular complexity index is 772. The summed E-state index contributed by atoms with van der Waals surface area (Å²) in [6.45, 7) is 0. The van der Waals surface area contributed by atoms with Crippen LogP contribution in [0.2, 0.25) is 5.15 Å². The average Bonchev–Trinajstić information content (AvgIpc) is 2.82. The molecule has 0 radical (unpaired) electrons. The quantitative estimate of drug-likeness (QED) is 0.873. The zero-order chi connectivity index (χ0) is 15.0. The van der Waals surface area contributed by atoms with Crippen molar-refractivity contribution in [2.75, 3.05) is 0 Å². The SMILES string of the molecule is Cn1ncc2c1CCCC2NS(=O)(=O)c1ccnc(Cl)c1. The van der Waals surface area contributed by atoms with Gasteiger partial charge in [0.15, 0.2) is 0 Å². The number of nitrogens with one attached hydrogen (secondary N) is 1. The molecule has 0 aromatic carbocycles. The molecule has 2 aromatic heterocycles. The van der Waals surface area contributed by atoms with Crippen LogP contribution in [0.4, 0.5) is 0 Å². The Balaban J connectivity index is 1.90. The van der Waals surface area contributed by atoms with Crippen LogP contribution < -0.4 is 4.72 Å². The lowest BCUT2D eigenvalue weighted by Crippen LogP contribution is -2.31. The van der Waals surface area contributed by atoms with Crippen LogP contribution in [0, 0.1) is 0 Å². The minimum absolute atomic E-state index is 0.124. The Morgan fingerprint density at radius 2 is 2.29 bits per heavy atom. The number of hydrogen-bond donors (Lipinski definition) is 1. The average molecular weight is 327 g/mol. The highest BCUT2D eigenvalue weighted by Crippen LogP contribution is 2.30. The van der Waals surface area contributed by atoms with Crippen molar-refractivity contribution in [2.24, 2.45) is 7.05 Å². The maximum Gasteiger partial charge on any atom is 0.241 e. The Hall–Kier alpha value is -1.44. The summed E-state index contributed by atoms with van der Waals surface area (Å²) >= 11 is 5.76. The fourth-order valence-electron chi connectivity index (χ4n) is 2.64. The number of rotatable bonds is 3. The predicted octanol–water partition coefficient (Wildman–Crippen LogP) is 1.82. The zero-order valence-electron chi connectivity index (χ0n) is 11.5. The van der Waals surface area contributed by atoms with Crippen LogP contribution >= 0.6 is 11.6 Å². The van der Waals surface area contributed by atoms with Crippen LogP contribution in [0.25, 0.3) is 0 Å². The molecule has 0 bridgehead atoms. The lowest BCUT2D eigenvalue weighted by atomic mass is 9.94. The second-order valence-corrected chi connectivity index (χ2v) is 7.15. The molecule has 6 nitrogen and oxygen atoms in total. The highest BCUT2D eigenvalue weighted by molar-refractivity contribution is 7.89. The number of aromatic nitrogens is 3. The fraction of sp³-hybridized carbons (Fsp3) is 0.385. The third-order valence-corrected chi connectivity index (χ3v) is 5.36. The lowest BCUT2D eigenvalue weighted by molar-refractivity contribution is 0.498. The molecule has 21 heavy (non-hydrogen) atoms. The van der Waals surface area contributed by atoms with E-state index in [9.17, 15) is 8.42 Å². The molecule has 1 atom stereocenters. The predicted molar refractivity (Wildman–Crippen MR) is 78.5 cm³/mol. The largest absolute Gasteiger partial charge is 0.272 e. The van der Waals surface area contributed by atoms with Crippen molar-refractivity contribution < 1.29 is 8.42 Å². The van der Waals surface area contributed by atoms with E-state index in [-0.39, 0.29) is 16.1 Å². The maximum absolute atomic E-state index is 12.4. The van der Waals surface area contributed by atoms with E-state index >= 15 is 0 Å². The zero-order valence-corrected chi connectivity index (χ0v) is 13.0. The third kappa shape index (κ3) is 2.81. The molecule has 0 amide bonds. The van der Waals surface area contributed by atoms with Gasteiger partial charge in [0.05, 0.1) is 17.1 Å². The molecule has 2 heterocycles. The van der Waals surface area contributed by atoms with Gasteiger partial charge in [-0.05, 0) is 31.4 Å². The van der Waals surface area contributed by atoms with E-state index in [4.69, 9.17) is 11.6 Å². The van der Waals surface area contributed by atoms with Gasteiger partial charge in [0.1, 0.15) is 5.15 Å². The van der Waals surface area contributed by atoms with E-state index < -0.39 is 10.0 Å². The van der Waals surface area contributed by atoms with Crippen LogP contribution in [-0.2, 0) is 23.5 Å². The van der Waals surface area contributed by atoms with Crippen molar-refractivity contribution in [2.45, 2.75) is 30.2 Å². The Kier molecular flexibility index (Phi) is 3.73. The summed E-state index contributed by atoms with van der Waals surface area (Å²) in [6.07, 6.45) is 5.73. The van der Waals surface area contributed by atoms with E-state index in [0.29, 0.717) is 0 Å². The van der Waals surface area contributed by atoms with Gasteiger partial charge in [-0.15, -0.1) is 0 Å². The normalized spacial score (nSPS) is 18.5. The van der Waals surface area contributed by atoms with Gasteiger partial charge >= 0.3 is 0 Å². The summed E-state index contributed by atoms with van der Waals surface area (Å²) in [4.78, 5) is 3.92. The molecule has 0 saturated carbocycles. The first kappa shape index (κ1) is 14.5. The summed E-state index contributed by atoms with van der Waals surface area (Å²) in [7, 11) is -1.75. The summed E-state index contributed by atoms with van der Waals surface area (Å²) in [5, 5.41) is 4.37. The van der Waals surface area contributed by atoms with Crippen molar-refractivity contribution in [1.29, 1.82) is 0 Å². The summed E-state index contributed by atoms with van der Waals surface area (Å²) in [6, 6.07) is 2.53. The number of nitrogens with zero attached hydrogens (tertiary/aromatic N) is 3. The molecule has 1 N–H and O–H groups in total. The van der Waals surface area contributed by atoms with Crippen LogP contribution in [0.3, 0.4) is 0 Å². The molecule has 8 heteroatoms. The Morgan fingerprint density at radius 3 is 3.05 bits per heavy atom. The van der Waals surface area contributed by atoms with E-state index in [2.05, 4.69) is 14.8 Å². The van der Waals surface area contributed by atoms with Gasteiger partial charge in [-0.2, -0.15) is 5.10 Å². The standard InChI is InChI=1S/C13H15ClN4O2S/c1-18-12-4-2-3-11(10(12)8-16-18)17-21(19,20)9-5-6-15-13(14)7-9/h5-8,11,17H,2-4H2,1H3. The van der Waals surface area contributed by atoms with Crippen LogP contribution in [0.15, 0.2) is 29.4 Å². The molecule has 2 aromatic rings. The third-order valence-electron chi connectivity index (χ3n) is 3.68. The van der Waals surface area contributed by atoms with Crippen molar-refractivity contribution in [1.82, 2.24) is 19.5 Å². The summed E-state index contributed by atoms with van der Waals surface area (Å²) in [5.41, 5.74) is 2.04. The number of pyridine rings is 1. The molecule has 3 rings (SSSR count). The molecule has 0 saturated heterocycles. The number of aryl methyl sites for hydroxylation is 1. The van der Waals surface area contributed by atoms with Crippen molar-refractivity contribution in [3.05, 3.63) is 40.9 Å². The van der Waals surface area contributed by atoms with Gasteiger partial charge in [0.2, 0.25) is 10.0 Å². The highest BCUT2D eigenvalue weighted by atomic mass is 35.5. The highest BCUT2D eigenvalue weighted by Gasteiger charge is 2.28. The van der Waals surface area contributed by atoms with Crippen molar-refractivity contribution in [3.63, 3.8) is 0 Å². The van der Waals surface area contributed by atoms with Crippen LogP contribution in [0.1, 0.15) is 30.1 Å². The Morgan fingerprint density at radius 1 is 1.48 bits per heavy atom. The molecular weight excluding hydrogens is 312 g/mol. The molecular formula is C13H15ClN4O2S. The van der Waals surface area contributed by atoms with Gasteiger partial charge in [0, 0.05) is 24.5 Å². The van der Waals surface area contributed by atoms with Crippen LogP contribution in [-0.4, -0.2) is 23.2 Å². The smallest absolute Gasteiger partial charge is 0.241 e. The van der Waals surface area contributed by atoms with Crippen molar-refractivity contribution in [3.8, 4) is 0 Å². The first-order chi connectivity index (χ1) is 9.97. The van der Waals surface area contributed by atoms with E-state index in [1.165, 1.54) is 18.3 Å². The van der Waals surface area contributed by atoms with Gasteiger partial charge in [-0.3, -0.25) is 4.68 Å². The Labute approximate surface area is 128 Å². The minimum Gasteiger partial charge on any atom is -0.272 e. The van der Waals surface area contributed by atoms with Gasteiger partial charge in [-0.25, -0.2) is 18.1 Å². The number of sulfonamides is 1. The first-order valence-corrected chi connectivity index (χ1v) is 8.48. The molecule has 0 aliphatic heterocycles. The summed E-state index contributed by atoms with van der Waals surface area (Å²) in [5.74, 6) is 0. The first-order valence-electron chi connectivity index (χ1n) is 6.62. The van der Waals surface area contributed by atoms with Crippen molar-refractivity contribution >= 4 is 21.6 Å². The summed E-state index contributed by atoms with van der Waals surface area (Å²) < 4.78 is 29.4. The van der Waals surface area contributed by atoms with Gasteiger partial charge in [0.25, 0.3) is 0 Å². The fourth-order valence-corrected chi connectivity index (χ4v) is 4.14. The van der Waals surface area contributed by atoms with E-state index in [1.807, 2.05) is 7.05 Å². The number of halogens is 1. The van der Waals surface area contributed by atoms with Crippen LogP contribution in [0.5, 0.6) is 0 Å². The lowest BCUT2D eigenvalue weighted by Gasteiger charge is -2.23. The molecule has 112 valence electrons. The second-order valence-electron chi connectivity index (χ2n) is 5.05. The molecule has 1 aliphatic carbocycles. The number of hydrogen-bond acceptors (Lipinski definition) is 4. The monoisotopic (exact) mass is 326 g/mol. The van der Waals surface area contributed by atoms with Gasteiger partial charge in [-0.1, -0.05) is 11.6 Å². The molecule has 1 unspecified atom stereocenters. The molecule has 0 fully saturated rings.